The molecule has 6 nitrogen and oxygen atoms in total. The fraction of sp³-hybridized carbons (Fsp3) is 0.571. The maximum Gasteiger partial charge on any atom is 0.255 e. The highest BCUT2D eigenvalue weighted by molar-refractivity contribution is 14.0. The van der Waals surface area contributed by atoms with Gasteiger partial charge in [0.05, 0.1) is 12.6 Å². The van der Waals surface area contributed by atoms with E-state index in [0.29, 0.717) is 31.2 Å². The first kappa shape index (κ1) is 18.0. The summed E-state index contributed by atoms with van der Waals surface area (Å²) in [4.78, 5) is 16.2. The molecule has 3 N–H and O–H groups in total. The molecule has 1 aromatic heterocycles. The van der Waals surface area contributed by atoms with Crippen molar-refractivity contribution in [3.05, 3.63) is 34.2 Å². The van der Waals surface area contributed by atoms with E-state index >= 15 is 0 Å². The Morgan fingerprint density at radius 1 is 1.62 bits per heavy atom. The van der Waals surface area contributed by atoms with E-state index in [1.165, 1.54) is 0 Å². The Kier molecular flexibility index (Phi) is 7.73. The van der Waals surface area contributed by atoms with Gasteiger partial charge in [-0.1, -0.05) is 6.07 Å². The zero-order chi connectivity index (χ0) is 14.4. The number of nitrogens with zero attached hydrogens (tertiary/aromatic N) is 2. The highest BCUT2D eigenvalue weighted by atomic mass is 127. The van der Waals surface area contributed by atoms with Gasteiger partial charge in [-0.25, -0.2) is 4.99 Å². The van der Waals surface area contributed by atoms with Crippen molar-refractivity contribution in [3.8, 4) is 0 Å². The summed E-state index contributed by atoms with van der Waals surface area (Å²) in [6.07, 6.45) is 4.15. The minimum atomic E-state index is -0.00863. The topological polar surface area (TPSA) is 81.6 Å². The standard InChI is InChI=1S/C14H22N4O2.HI/c1-2-18-7-3-5-11(13(18)19)9-16-14(15)17-10-12-6-4-8-20-12;/h3,5,7,12H,2,4,6,8-10H2,1H3,(H3,15,16,17);1H. The molecule has 0 aliphatic carbocycles. The molecule has 1 fully saturated rings. The Labute approximate surface area is 141 Å². The third-order valence-corrected chi connectivity index (χ3v) is 3.39. The molecule has 1 aromatic rings. The lowest BCUT2D eigenvalue weighted by molar-refractivity contribution is 0.114. The van der Waals surface area contributed by atoms with E-state index in [9.17, 15) is 4.79 Å². The Bertz CT molecular complexity index is 524. The van der Waals surface area contributed by atoms with Gasteiger partial charge in [-0.3, -0.25) is 4.79 Å². The molecule has 0 spiro atoms. The molecule has 0 saturated carbocycles. The fourth-order valence-corrected chi connectivity index (χ4v) is 2.21. The summed E-state index contributed by atoms with van der Waals surface area (Å²) >= 11 is 0. The van der Waals surface area contributed by atoms with Gasteiger partial charge in [-0.15, -0.1) is 24.0 Å². The van der Waals surface area contributed by atoms with Crippen molar-refractivity contribution < 1.29 is 4.74 Å². The Morgan fingerprint density at radius 3 is 3.10 bits per heavy atom. The number of ether oxygens (including phenoxy) is 1. The number of aliphatic imine (C=N–C) groups is 1. The van der Waals surface area contributed by atoms with Gasteiger partial charge in [0.1, 0.15) is 0 Å². The number of hydrogen-bond donors (Lipinski definition) is 2. The van der Waals surface area contributed by atoms with Gasteiger partial charge >= 0.3 is 0 Å². The summed E-state index contributed by atoms with van der Waals surface area (Å²) in [5.41, 5.74) is 6.44. The predicted molar refractivity (Wildman–Crippen MR) is 94.1 cm³/mol. The van der Waals surface area contributed by atoms with Crippen LogP contribution in [0.25, 0.3) is 0 Å². The van der Waals surface area contributed by atoms with E-state index in [1.807, 2.05) is 13.0 Å². The van der Waals surface area contributed by atoms with Crippen molar-refractivity contribution in [2.75, 3.05) is 13.2 Å². The molecule has 1 aliphatic heterocycles. The van der Waals surface area contributed by atoms with E-state index in [4.69, 9.17) is 10.5 Å². The van der Waals surface area contributed by atoms with Crippen molar-refractivity contribution in [1.82, 2.24) is 9.88 Å². The van der Waals surface area contributed by atoms with Gasteiger partial charge in [0.2, 0.25) is 0 Å². The number of hydrogen-bond acceptors (Lipinski definition) is 3. The predicted octanol–water partition coefficient (Wildman–Crippen LogP) is 1.07. The van der Waals surface area contributed by atoms with Crippen LogP contribution in [0, 0.1) is 0 Å². The van der Waals surface area contributed by atoms with Crippen LogP contribution in [0.15, 0.2) is 28.1 Å². The molecule has 21 heavy (non-hydrogen) atoms. The van der Waals surface area contributed by atoms with E-state index < -0.39 is 0 Å². The number of nitrogens with one attached hydrogen (secondary N) is 1. The summed E-state index contributed by atoms with van der Waals surface area (Å²) in [6, 6.07) is 3.64. The van der Waals surface area contributed by atoms with Crippen LogP contribution >= 0.6 is 24.0 Å². The van der Waals surface area contributed by atoms with Crippen molar-refractivity contribution in [3.63, 3.8) is 0 Å². The minimum Gasteiger partial charge on any atom is -0.376 e. The monoisotopic (exact) mass is 406 g/mol. The van der Waals surface area contributed by atoms with E-state index in [0.717, 1.165) is 19.4 Å². The van der Waals surface area contributed by atoms with Crippen molar-refractivity contribution >= 4 is 29.9 Å². The van der Waals surface area contributed by atoms with Crippen molar-refractivity contribution in [2.24, 2.45) is 10.7 Å². The molecule has 0 amide bonds. The first-order valence-electron chi connectivity index (χ1n) is 7.04. The van der Waals surface area contributed by atoms with Crippen LogP contribution in [0.4, 0.5) is 0 Å². The normalized spacial score (nSPS) is 18.3. The number of pyridine rings is 1. The average Bonchev–Trinajstić information content (AvgIpc) is 2.97. The molecule has 1 unspecified atom stereocenters. The Hall–Kier alpha value is -1.09. The number of nitrogens with two attached hydrogens (primary N) is 1. The molecule has 7 heteroatoms. The number of rotatable bonds is 5. The molecule has 2 rings (SSSR count). The fourth-order valence-electron chi connectivity index (χ4n) is 2.21. The number of halogens is 1. The van der Waals surface area contributed by atoms with E-state index in [2.05, 4.69) is 10.3 Å². The number of aryl methyl sites for hydroxylation is 1. The molecule has 0 bridgehead atoms. The summed E-state index contributed by atoms with van der Waals surface area (Å²) in [7, 11) is 0. The molecule has 0 radical (unpaired) electrons. The summed E-state index contributed by atoms with van der Waals surface area (Å²) < 4.78 is 7.14. The van der Waals surface area contributed by atoms with Crippen LogP contribution in [0.2, 0.25) is 0 Å². The van der Waals surface area contributed by atoms with Crippen LogP contribution in [-0.2, 0) is 17.8 Å². The molecule has 1 saturated heterocycles. The lowest BCUT2D eigenvalue weighted by Gasteiger charge is -2.11. The number of guanidine groups is 1. The minimum absolute atomic E-state index is 0. The van der Waals surface area contributed by atoms with Gasteiger partial charge in [0.15, 0.2) is 5.96 Å². The van der Waals surface area contributed by atoms with E-state index in [1.54, 1.807) is 16.8 Å². The largest absolute Gasteiger partial charge is 0.376 e. The first-order chi connectivity index (χ1) is 9.70. The van der Waals surface area contributed by atoms with Crippen molar-refractivity contribution in [1.29, 1.82) is 0 Å². The van der Waals surface area contributed by atoms with Gasteiger partial charge in [-0.05, 0) is 25.8 Å². The smallest absolute Gasteiger partial charge is 0.255 e. The lowest BCUT2D eigenvalue weighted by atomic mass is 10.2. The van der Waals surface area contributed by atoms with Crippen LogP contribution in [0.3, 0.4) is 0 Å². The van der Waals surface area contributed by atoms with Crippen LogP contribution < -0.4 is 16.6 Å². The summed E-state index contributed by atoms with van der Waals surface area (Å²) in [5.74, 6) is 0.354. The molecular formula is C14H23IN4O2. The lowest BCUT2D eigenvalue weighted by Crippen LogP contribution is -2.37. The Balaban J connectivity index is 0.00000220. The maximum atomic E-state index is 12.0. The highest BCUT2D eigenvalue weighted by Gasteiger charge is 2.14. The Morgan fingerprint density at radius 2 is 2.43 bits per heavy atom. The zero-order valence-corrected chi connectivity index (χ0v) is 14.6. The SMILES string of the molecule is CCn1cccc(CN=C(N)NCC2CCCO2)c1=O.I. The first-order valence-corrected chi connectivity index (χ1v) is 7.04. The molecule has 0 aromatic carbocycles. The second-order valence-electron chi connectivity index (χ2n) is 4.84. The highest BCUT2D eigenvalue weighted by Crippen LogP contribution is 2.10. The van der Waals surface area contributed by atoms with Gasteiger partial charge in [0.25, 0.3) is 5.56 Å². The van der Waals surface area contributed by atoms with Crippen molar-refractivity contribution in [2.45, 2.75) is 39.0 Å². The van der Waals surface area contributed by atoms with Gasteiger partial charge in [-0.2, -0.15) is 0 Å². The second kappa shape index (κ2) is 9.04. The maximum absolute atomic E-state index is 12.0. The van der Waals surface area contributed by atoms with Gasteiger partial charge in [0, 0.05) is 31.5 Å². The zero-order valence-electron chi connectivity index (χ0n) is 12.2. The quantitative estimate of drug-likeness (QED) is 0.436. The van der Waals surface area contributed by atoms with Gasteiger partial charge < -0.3 is 20.4 Å². The molecule has 1 atom stereocenters. The summed E-state index contributed by atoms with van der Waals surface area (Å²) in [5, 5.41) is 3.04. The molecule has 1 aliphatic rings. The van der Waals surface area contributed by atoms with Crippen LogP contribution in [0.5, 0.6) is 0 Å². The average molecular weight is 406 g/mol. The van der Waals surface area contributed by atoms with Crippen LogP contribution in [0.1, 0.15) is 25.3 Å². The van der Waals surface area contributed by atoms with Crippen LogP contribution in [-0.4, -0.2) is 29.8 Å². The van der Waals surface area contributed by atoms with E-state index in [-0.39, 0.29) is 35.6 Å². The molecule has 118 valence electrons. The third-order valence-electron chi connectivity index (χ3n) is 3.39. The number of aromatic nitrogens is 1. The summed E-state index contributed by atoms with van der Waals surface area (Å²) in [6.45, 7) is 4.38. The second-order valence-corrected chi connectivity index (χ2v) is 4.84. The molecule has 2 heterocycles. The third kappa shape index (κ3) is 5.31. The molecular weight excluding hydrogens is 383 g/mol.